The average molecular weight is 366 g/mol. The number of para-hydroxylation sites is 1. The van der Waals surface area contributed by atoms with Crippen LogP contribution in [0, 0.1) is 0 Å². The van der Waals surface area contributed by atoms with Gasteiger partial charge in [-0.2, -0.15) is 5.01 Å². The monoisotopic (exact) mass is 365 g/mol. The maximum atomic E-state index is 11.9. The predicted molar refractivity (Wildman–Crippen MR) is 92.1 cm³/mol. The number of primary amides is 1. The Morgan fingerprint density at radius 3 is 2.46 bits per heavy atom. The second kappa shape index (κ2) is 5.98. The van der Waals surface area contributed by atoms with E-state index in [2.05, 4.69) is 0 Å². The highest BCUT2D eigenvalue weighted by molar-refractivity contribution is 6.36. The number of carboxylic acids is 1. The number of halogens is 2. The van der Waals surface area contributed by atoms with Gasteiger partial charge in [0.1, 0.15) is 0 Å². The van der Waals surface area contributed by atoms with E-state index in [0.717, 1.165) is 5.01 Å². The van der Waals surface area contributed by atoms with Crippen molar-refractivity contribution in [3.8, 4) is 11.1 Å². The van der Waals surface area contributed by atoms with E-state index >= 15 is 0 Å². The van der Waals surface area contributed by atoms with Crippen LogP contribution in [0.3, 0.4) is 0 Å². The standard InChI is InChI=1S/C16H13Cl2N3O3/c1-20-14(15(22)23)11-4-2-3-10(13(11)21(20)16(19)24)9-6-5-8(17)7-12(9)18/h2-7,14H,1H3,(H2,19,24)(H,22,23). The zero-order chi connectivity index (χ0) is 17.6. The topological polar surface area (TPSA) is 86.9 Å². The summed E-state index contributed by atoms with van der Waals surface area (Å²) >= 11 is 12.2. The molecule has 1 aliphatic rings. The van der Waals surface area contributed by atoms with Crippen molar-refractivity contribution in [3.05, 3.63) is 52.0 Å². The number of amides is 2. The first kappa shape index (κ1) is 16.6. The lowest BCUT2D eigenvalue weighted by molar-refractivity contribution is -0.142. The van der Waals surface area contributed by atoms with Crippen LogP contribution in [0.5, 0.6) is 0 Å². The summed E-state index contributed by atoms with van der Waals surface area (Å²) in [4.78, 5) is 23.6. The second-order valence-corrected chi connectivity index (χ2v) is 6.18. The number of carboxylic acid groups (broad SMARTS) is 1. The number of carbonyl (C=O) groups excluding carboxylic acids is 1. The number of aliphatic carboxylic acids is 1. The van der Waals surface area contributed by atoms with E-state index in [0.29, 0.717) is 32.4 Å². The Morgan fingerprint density at radius 1 is 1.17 bits per heavy atom. The van der Waals surface area contributed by atoms with Crippen molar-refractivity contribution in [2.24, 2.45) is 5.73 Å². The summed E-state index contributed by atoms with van der Waals surface area (Å²) in [5, 5.41) is 12.8. The van der Waals surface area contributed by atoms with Gasteiger partial charge in [0.25, 0.3) is 0 Å². The van der Waals surface area contributed by atoms with Crippen LogP contribution in [0.4, 0.5) is 10.5 Å². The molecule has 3 N–H and O–H groups in total. The number of hydrazine groups is 1. The Labute approximate surface area is 147 Å². The average Bonchev–Trinajstić information content (AvgIpc) is 2.79. The third-order valence-corrected chi connectivity index (χ3v) is 4.47. The summed E-state index contributed by atoms with van der Waals surface area (Å²) in [6.07, 6.45) is 0. The van der Waals surface area contributed by atoms with E-state index in [9.17, 15) is 14.7 Å². The molecule has 1 aliphatic heterocycles. The number of carbonyl (C=O) groups is 2. The number of anilines is 1. The summed E-state index contributed by atoms with van der Waals surface area (Å²) in [5.41, 5.74) is 7.57. The first-order valence-electron chi connectivity index (χ1n) is 6.96. The maximum Gasteiger partial charge on any atom is 0.334 e. The summed E-state index contributed by atoms with van der Waals surface area (Å²) < 4.78 is 0. The molecule has 24 heavy (non-hydrogen) atoms. The van der Waals surface area contributed by atoms with E-state index in [-0.39, 0.29) is 0 Å². The highest BCUT2D eigenvalue weighted by atomic mass is 35.5. The largest absolute Gasteiger partial charge is 0.480 e. The Balaban J connectivity index is 2.29. The van der Waals surface area contributed by atoms with Gasteiger partial charge < -0.3 is 10.8 Å². The molecule has 0 saturated heterocycles. The van der Waals surface area contributed by atoms with Crippen LogP contribution in [0.15, 0.2) is 36.4 Å². The summed E-state index contributed by atoms with van der Waals surface area (Å²) in [6.45, 7) is 0. The van der Waals surface area contributed by atoms with Crippen LogP contribution in [-0.4, -0.2) is 29.2 Å². The molecule has 0 saturated carbocycles. The molecule has 3 rings (SSSR count). The fourth-order valence-corrected chi connectivity index (χ4v) is 3.49. The molecule has 8 heteroatoms. The van der Waals surface area contributed by atoms with Crippen molar-refractivity contribution in [3.63, 3.8) is 0 Å². The minimum atomic E-state index is -1.08. The van der Waals surface area contributed by atoms with Gasteiger partial charge in [0.05, 0.1) is 5.69 Å². The molecular weight excluding hydrogens is 353 g/mol. The zero-order valence-electron chi connectivity index (χ0n) is 12.5. The number of urea groups is 1. The molecule has 2 amide bonds. The minimum absolute atomic E-state index is 0.391. The molecule has 1 unspecified atom stereocenters. The third kappa shape index (κ3) is 2.49. The van der Waals surface area contributed by atoms with Gasteiger partial charge >= 0.3 is 12.0 Å². The van der Waals surface area contributed by atoms with Crippen molar-refractivity contribution in [2.75, 3.05) is 12.1 Å². The molecule has 0 radical (unpaired) electrons. The molecule has 0 aromatic heterocycles. The fourth-order valence-electron chi connectivity index (χ4n) is 2.98. The number of hydrogen-bond donors (Lipinski definition) is 2. The van der Waals surface area contributed by atoms with Gasteiger partial charge in [0, 0.05) is 33.8 Å². The van der Waals surface area contributed by atoms with E-state index in [1.807, 2.05) is 0 Å². The SMILES string of the molecule is CN1C(C(=O)O)c2cccc(-c3ccc(Cl)cc3Cl)c2N1C(N)=O. The predicted octanol–water partition coefficient (Wildman–Crippen LogP) is 3.53. The summed E-state index contributed by atoms with van der Waals surface area (Å²) in [6, 6.07) is 8.30. The maximum absolute atomic E-state index is 11.9. The first-order valence-corrected chi connectivity index (χ1v) is 7.72. The Hall–Kier alpha value is -2.28. The van der Waals surface area contributed by atoms with Gasteiger partial charge in [-0.1, -0.05) is 47.5 Å². The Kier molecular flexibility index (Phi) is 4.13. The number of likely N-dealkylation sites (N-methyl/N-ethyl adjacent to an activating group) is 1. The molecule has 124 valence electrons. The van der Waals surface area contributed by atoms with E-state index < -0.39 is 18.0 Å². The minimum Gasteiger partial charge on any atom is -0.480 e. The van der Waals surface area contributed by atoms with Gasteiger partial charge in [0.2, 0.25) is 0 Å². The zero-order valence-corrected chi connectivity index (χ0v) is 14.0. The van der Waals surface area contributed by atoms with Crippen LogP contribution in [0.1, 0.15) is 11.6 Å². The molecule has 0 bridgehead atoms. The Bertz CT molecular complexity index is 856. The van der Waals surface area contributed by atoms with Crippen LogP contribution in [0.25, 0.3) is 11.1 Å². The van der Waals surface area contributed by atoms with Crippen molar-refractivity contribution in [1.82, 2.24) is 5.01 Å². The van der Waals surface area contributed by atoms with Gasteiger partial charge in [-0.05, 0) is 12.1 Å². The van der Waals surface area contributed by atoms with Crippen LogP contribution < -0.4 is 10.7 Å². The lowest BCUT2D eigenvalue weighted by atomic mass is 9.97. The number of nitrogens with two attached hydrogens (primary N) is 1. The molecule has 6 nitrogen and oxygen atoms in total. The first-order chi connectivity index (χ1) is 11.3. The molecule has 2 aromatic carbocycles. The quantitative estimate of drug-likeness (QED) is 0.851. The van der Waals surface area contributed by atoms with Crippen LogP contribution in [-0.2, 0) is 4.79 Å². The molecule has 1 atom stereocenters. The normalized spacial score (nSPS) is 17.0. The van der Waals surface area contributed by atoms with Crippen molar-refractivity contribution < 1.29 is 14.7 Å². The molecule has 1 heterocycles. The number of nitrogens with zero attached hydrogens (tertiary/aromatic N) is 2. The third-order valence-electron chi connectivity index (χ3n) is 3.93. The van der Waals surface area contributed by atoms with Crippen molar-refractivity contribution >= 4 is 40.9 Å². The van der Waals surface area contributed by atoms with E-state index in [1.54, 1.807) is 36.4 Å². The number of rotatable bonds is 2. The summed E-state index contributed by atoms with van der Waals surface area (Å²) in [7, 11) is 1.50. The number of benzene rings is 2. The second-order valence-electron chi connectivity index (χ2n) is 5.33. The van der Waals surface area contributed by atoms with Gasteiger partial charge in [-0.15, -0.1) is 0 Å². The summed E-state index contributed by atoms with van der Waals surface area (Å²) in [5.74, 6) is -1.08. The lowest BCUT2D eigenvalue weighted by Gasteiger charge is -2.26. The molecule has 0 spiro atoms. The van der Waals surface area contributed by atoms with Crippen LogP contribution >= 0.6 is 23.2 Å². The Morgan fingerprint density at radius 2 is 1.88 bits per heavy atom. The molecule has 2 aromatic rings. The molecule has 0 aliphatic carbocycles. The van der Waals surface area contributed by atoms with Crippen molar-refractivity contribution in [2.45, 2.75) is 6.04 Å². The smallest absolute Gasteiger partial charge is 0.334 e. The van der Waals surface area contributed by atoms with E-state index in [4.69, 9.17) is 28.9 Å². The molecular formula is C16H13Cl2N3O3. The van der Waals surface area contributed by atoms with Crippen molar-refractivity contribution in [1.29, 1.82) is 0 Å². The highest BCUT2D eigenvalue weighted by Crippen LogP contribution is 2.46. The number of fused-ring (bicyclic) bond motifs is 1. The van der Waals surface area contributed by atoms with Gasteiger partial charge in [-0.3, -0.25) is 4.79 Å². The molecule has 0 fully saturated rings. The van der Waals surface area contributed by atoms with Gasteiger partial charge in [-0.25, -0.2) is 9.80 Å². The lowest BCUT2D eigenvalue weighted by Crippen LogP contribution is -2.46. The van der Waals surface area contributed by atoms with E-state index in [1.165, 1.54) is 12.1 Å². The van der Waals surface area contributed by atoms with Crippen LogP contribution in [0.2, 0.25) is 10.0 Å². The van der Waals surface area contributed by atoms with Gasteiger partial charge in [0.15, 0.2) is 6.04 Å². The number of hydrogen-bond acceptors (Lipinski definition) is 3. The highest BCUT2D eigenvalue weighted by Gasteiger charge is 2.42. The fraction of sp³-hybridized carbons (Fsp3) is 0.125.